The summed E-state index contributed by atoms with van der Waals surface area (Å²) in [4.78, 5) is 12.0. The van der Waals surface area contributed by atoms with Crippen molar-refractivity contribution >= 4 is 22.4 Å². The molecule has 3 aromatic rings. The summed E-state index contributed by atoms with van der Waals surface area (Å²) in [5.74, 6) is -0.257. The summed E-state index contributed by atoms with van der Waals surface area (Å²) in [6, 6.07) is 14.1. The standard InChI is InChI=1S/C15H14N4O/c16-13-9-18-19-14(13)15(20)17-8-11-6-3-5-10-4-1-2-7-12(10)11/h1-7,9H,8,16H2,(H,17,20)(H,18,19). The number of nitrogen functional groups attached to an aromatic ring is 1. The highest BCUT2D eigenvalue weighted by molar-refractivity contribution is 5.97. The Kier molecular flexibility index (Phi) is 3.09. The molecule has 20 heavy (non-hydrogen) atoms. The molecule has 1 amide bonds. The minimum Gasteiger partial charge on any atom is -0.396 e. The number of hydrogen-bond donors (Lipinski definition) is 3. The fourth-order valence-corrected chi connectivity index (χ4v) is 2.19. The summed E-state index contributed by atoms with van der Waals surface area (Å²) >= 11 is 0. The Bertz CT molecular complexity index is 758. The van der Waals surface area contributed by atoms with Crippen molar-refractivity contribution in [2.45, 2.75) is 6.54 Å². The number of amides is 1. The minimum absolute atomic E-state index is 0.257. The van der Waals surface area contributed by atoms with Gasteiger partial charge in [-0.2, -0.15) is 5.10 Å². The topological polar surface area (TPSA) is 83.8 Å². The zero-order valence-corrected chi connectivity index (χ0v) is 10.8. The molecule has 0 aliphatic carbocycles. The van der Waals surface area contributed by atoms with E-state index < -0.39 is 0 Å². The van der Waals surface area contributed by atoms with Crippen LogP contribution in [-0.2, 0) is 6.54 Å². The Morgan fingerprint density at radius 2 is 2.00 bits per heavy atom. The molecule has 2 aromatic carbocycles. The molecule has 0 fully saturated rings. The number of benzene rings is 2. The average molecular weight is 266 g/mol. The molecule has 3 rings (SSSR count). The van der Waals surface area contributed by atoms with Crippen molar-refractivity contribution in [1.29, 1.82) is 0 Å². The van der Waals surface area contributed by atoms with Gasteiger partial charge in [-0.1, -0.05) is 42.5 Å². The molecule has 0 radical (unpaired) electrons. The molecule has 0 atom stereocenters. The van der Waals surface area contributed by atoms with Crippen molar-refractivity contribution in [2.24, 2.45) is 0 Å². The zero-order chi connectivity index (χ0) is 13.9. The van der Waals surface area contributed by atoms with E-state index in [-0.39, 0.29) is 5.91 Å². The molecule has 1 aromatic heterocycles. The van der Waals surface area contributed by atoms with E-state index in [1.54, 1.807) is 0 Å². The Balaban J connectivity index is 1.81. The van der Waals surface area contributed by atoms with Crippen molar-refractivity contribution < 1.29 is 4.79 Å². The Labute approximate surface area is 115 Å². The molecule has 0 saturated heterocycles. The number of hydrogen-bond acceptors (Lipinski definition) is 3. The van der Waals surface area contributed by atoms with Crippen LogP contribution in [0.3, 0.4) is 0 Å². The van der Waals surface area contributed by atoms with Crippen molar-refractivity contribution in [3.63, 3.8) is 0 Å². The smallest absolute Gasteiger partial charge is 0.271 e. The molecular formula is C15H14N4O. The maximum absolute atomic E-state index is 12.0. The van der Waals surface area contributed by atoms with Crippen LogP contribution >= 0.6 is 0 Å². The van der Waals surface area contributed by atoms with Gasteiger partial charge in [0.15, 0.2) is 0 Å². The number of fused-ring (bicyclic) bond motifs is 1. The molecule has 5 nitrogen and oxygen atoms in total. The molecular weight excluding hydrogens is 252 g/mol. The number of carbonyl (C=O) groups excluding carboxylic acids is 1. The van der Waals surface area contributed by atoms with Gasteiger partial charge in [-0.05, 0) is 16.3 Å². The van der Waals surface area contributed by atoms with E-state index in [1.165, 1.54) is 6.20 Å². The molecule has 1 heterocycles. The molecule has 0 unspecified atom stereocenters. The summed E-state index contributed by atoms with van der Waals surface area (Å²) in [5, 5.41) is 11.5. The van der Waals surface area contributed by atoms with Crippen LogP contribution in [0.15, 0.2) is 48.7 Å². The lowest BCUT2D eigenvalue weighted by Crippen LogP contribution is -2.24. The third-order valence-electron chi connectivity index (χ3n) is 3.22. The second-order valence-corrected chi connectivity index (χ2v) is 4.52. The number of carbonyl (C=O) groups is 1. The highest BCUT2D eigenvalue weighted by atomic mass is 16.1. The molecule has 0 spiro atoms. The first-order valence-corrected chi connectivity index (χ1v) is 6.29. The molecule has 0 saturated carbocycles. The highest BCUT2D eigenvalue weighted by Crippen LogP contribution is 2.18. The van der Waals surface area contributed by atoms with E-state index in [0.29, 0.717) is 17.9 Å². The summed E-state index contributed by atoms with van der Waals surface area (Å²) in [6.07, 6.45) is 1.42. The quantitative estimate of drug-likeness (QED) is 0.678. The van der Waals surface area contributed by atoms with Gasteiger partial charge in [0.25, 0.3) is 5.91 Å². The number of aromatic amines is 1. The molecule has 100 valence electrons. The lowest BCUT2D eigenvalue weighted by atomic mass is 10.0. The Morgan fingerprint density at radius 1 is 1.20 bits per heavy atom. The Hall–Kier alpha value is -2.82. The van der Waals surface area contributed by atoms with Crippen molar-refractivity contribution in [2.75, 3.05) is 5.73 Å². The van der Waals surface area contributed by atoms with Crippen LogP contribution in [0.25, 0.3) is 10.8 Å². The number of anilines is 1. The van der Waals surface area contributed by atoms with Gasteiger partial charge in [-0.3, -0.25) is 9.89 Å². The van der Waals surface area contributed by atoms with E-state index >= 15 is 0 Å². The van der Waals surface area contributed by atoms with Gasteiger partial charge in [-0.15, -0.1) is 0 Å². The van der Waals surface area contributed by atoms with E-state index in [4.69, 9.17) is 5.73 Å². The maximum atomic E-state index is 12.0. The van der Waals surface area contributed by atoms with Crippen LogP contribution in [0.5, 0.6) is 0 Å². The Morgan fingerprint density at radius 3 is 2.80 bits per heavy atom. The lowest BCUT2D eigenvalue weighted by Gasteiger charge is -2.08. The first-order valence-electron chi connectivity index (χ1n) is 6.29. The second-order valence-electron chi connectivity index (χ2n) is 4.52. The monoisotopic (exact) mass is 266 g/mol. The first kappa shape index (κ1) is 12.2. The summed E-state index contributed by atoms with van der Waals surface area (Å²) in [5.41, 5.74) is 7.35. The number of nitrogens with one attached hydrogen (secondary N) is 2. The maximum Gasteiger partial charge on any atom is 0.271 e. The van der Waals surface area contributed by atoms with Crippen molar-refractivity contribution in [3.05, 3.63) is 59.9 Å². The van der Waals surface area contributed by atoms with E-state index in [9.17, 15) is 4.79 Å². The molecule has 0 aliphatic heterocycles. The average Bonchev–Trinajstić information content (AvgIpc) is 2.91. The number of nitrogens with two attached hydrogens (primary N) is 1. The van der Waals surface area contributed by atoms with Crippen LogP contribution in [0.4, 0.5) is 5.69 Å². The predicted molar refractivity (Wildman–Crippen MR) is 78.1 cm³/mol. The lowest BCUT2D eigenvalue weighted by molar-refractivity contribution is 0.0947. The largest absolute Gasteiger partial charge is 0.396 e. The summed E-state index contributed by atoms with van der Waals surface area (Å²) in [6.45, 7) is 0.443. The first-order chi connectivity index (χ1) is 9.75. The number of H-pyrrole nitrogens is 1. The van der Waals surface area contributed by atoms with Crippen LogP contribution < -0.4 is 11.1 Å². The van der Waals surface area contributed by atoms with Crippen LogP contribution in [-0.4, -0.2) is 16.1 Å². The third kappa shape index (κ3) is 2.21. The molecule has 5 heteroatoms. The third-order valence-corrected chi connectivity index (χ3v) is 3.22. The van der Waals surface area contributed by atoms with Gasteiger partial charge in [0.1, 0.15) is 5.69 Å². The second kappa shape index (κ2) is 5.05. The van der Waals surface area contributed by atoms with Gasteiger partial charge in [0, 0.05) is 6.54 Å². The van der Waals surface area contributed by atoms with Crippen molar-refractivity contribution in [3.8, 4) is 0 Å². The fraction of sp³-hybridized carbons (Fsp3) is 0.0667. The zero-order valence-electron chi connectivity index (χ0n) is 10.8. The number of nitrogens with zero attached hydrogens (tertiary/aromatic N) is 1. The van der Waals surface area contributed by atoms with Gasteiger partial charge >= 0.3 is 0 Å². The normalized spacial score (nSPS) is 10.6. The molecule has 4 N–H and O–H groups in total. The van der Waals surface area contributed by atoms with E-state index in [1.807, 2.05) is 42.5 Å². The number of rotatable bonds is 3. The number of aromatic nitrogens is 2. The van der Waals surface area contributed by atoms with Crippen LogP contribution in [0.1, 0.15) is 16.1 Å². The summed E-state index contributed by atoms with van der Waals surface area (Å²) in [7, 11) is 0. The fourth-order valence-electron chi connectivity index (χ4n) is 2.19. The SMILES string of the molecule is Nc1cn[nH]c1C(=O)NCc1cccc2ccccc12. The van der Waals surface area contributed by atoms with E-state index in [2.05, 4.69) is 15.5 Å². The van der Waals surface area contributed by atoms with Gasteiger partial charge in [-0.25, -0.2) is 0 Å². The van der Waals surface area contributed by atoms with Crippen LogP contribution in [0.2, 0.25) is 0 Å². The molecule has 0 aliphatic rings. The highest BCUT2D eigenvalue weighted by Gasteiger charge is 2.11. The van der Waals surface area contributed by atoms with E-state index in [0.717, 1.165) is 16.3 Å². The van der Waals surface area contributed by atoms with Crippen LogP contribution in [0, 0.1) is 0 Å². The molecule has 0 bridgehead atoms. The predicted octanol–water partition coefficient (Wildman–Crippen LogP) is 2.08. The van der Waals surface area contributed by atoms with Gasteiger partial charge in [0.05, 0.1) is 11.9 Å². The van der Waals surface area contributed by atoms with Gasteiger partial charge in [0.2, 0.25) is 0 Å². The summed E-state index contributed by atoms with van der Waals surface area (Å²) < 4.78 is 0. The van der Waals surface area contributed by atoms with Crippen molar-refractivity contribution in [1.82, 2.24) is 15.5 Å². The minimum atomic E-state index is -0.257. The van der Waals surface area contributed by atoms with Gasteiger partial charge < -0.3 is 11.1 Å².